The Kier molecular flexibility index (Phi) is 7.31. The second-order valence-corrected chi connectivity index (χ2v) is 6.37. The molecule has 21 heavy (non-hydrogen) atoms. The minimum Gasteiger partial charge on any atom is -0.479 e. The maximum atomic E-state index is 11.9. The van der Waals surface area contributed by atoms with Crippen molar-refractivity contribution in [1.29, 1.82) is 0 Å². The molecule has 1 amide bonds. The highest BCUT2D eigenvalue weighted by atomic mass is 35.5. The first-order chi connectivity index (χ1) is 9.85. The van der Waals surface area contributed by atoms with E-state index in [0.717, 1.165) is 0 Å². The average Bonchev–Trinajstić information content (AvgIpc) is 2.42. The van der Waals surface area contributed by atoms with Crippen LogP contribution in [0.4, 0.5) is 0 Å². The predicted octanol–water partition coefficient (Wildman–Crippen LogP) is 2.69. The minimum atomic E-state index is -1.13. The number of amides is 1. The Labute approximate surface area is 136 Å². The summed E-state index contributed by atoms with van der Waals surface area (Å²) in [7, 11) is 1.27. The summed E-state index contributed by atoms with van der Waals surface area (Å²) in [6.07, 6.45) is -1.07. The van der Waals surface area contributed by atoms with E-state index in [-0.39, 0.29) is 12.5 Å². The molecule has 116 valence electrons. The number of hydrogen-bond donors (Lipinski definition) is 2. The molecule has 0 bridgehead atoms. The summed E-state index contributed by atoms with van der Waals surface area (Å²) in [5.74, 6) is -1.43. The standard InChI is InChI=1S/C13H15Cl2NO4S/c1-7(12(17)16-6-10(20-2)13(18)19)21-11-5-8(14)3-4-9(11)15/h3-5,7,10H,6H2,1-2H3,(H,16,17)(H,18,19). The number of carbonyl (C=O) groups is 2. The van der Waals surface area contributed by atoms with Crippen molar-refractivity contribution >= 4 is 46.8 Å². The van der Waals surface area contributed by atoms with E-state index in [0.29, 0.717) is 14.9 Å². The Balaban J connectivity index is 2.58. The molecule has 0 spiro atoms. The molecule has 5 nitrogen and oxygen atoms in total. The number of benzene rings is 1. The molecule has 8 heteroatoms. The summed E-state index contributed by atoms with van der Waals surface area (Å²) in [5, 5.41) is 11.9. The number of carboxylic acids is 1. The molecule has 0 heterocycles. The lowest BCUT2D eigenvalue weighted by molar-refractivity contribution is -0.148. The van der Waals surface area contributed by atoms with E-state index in [1.165, 1.54) is 18.9 Å². The third-order valence-electron chi connectivity index (χ3n) is 2.59. The molecule has 0 aliphatic carbocycles. The highest BCUT2D eigenvalue weighted by Crippen LogP contribution is 2.32. The summed E-state index contributed by atoms with van der Waals surface area (Å²) in [5.41, 5.74) is 0. The summed E-state index contributed by atoms with van der Waals surface area (Å²) in [6, 6.07) is 4.99. The van der Waals surface area contributed by atoms with Gasteiger partial charge in [-0.3, -0.25) is 4.79 Å². The molecule has 2 N–H and O–H groups in total. The lowest BCUT2D eigenvalue weighted by atomic mass is 10.3. The van der Waals surface area contributed by atoms with Crippen LogP contribution in [0, 0.1) is 0 Å². The van der Waals surface area contributed by atoms with E-state index in [2.05, 4.69) is 5.32 Å². The van der Waals surface area contributed by atoms with Crippen LogP contribution in [0.3, 0.4) is 0 Å². The minimum absolute atomic E-state index is 0.0984. The molecule has 0 aliphatic heterocycles. The van der Waals surface area contributed by atoms with E-state index in [1.54, 1.807) is 25.1 Å². The first-order valence-electron chi connectivity index (χ1n) is 6.00. The van der Waals surface area contributed by atoms with Gasteiger partial charge in [-0.05, 0) is 25.1 Å². The zero-order valence-corrected chi connectivity index (χ0v) is 13.8. The molecule has 1 aromatic rings. The van der Waals surface area contributed by atoms with Gasteiger partial charge in [-0.25, -0.2) is 4.79 Å². The van der Waals surface area contributed by atoms with Crippen molar-refractivity contribution in [2.24, 2.45) is 0 Å². The van der Waals surface area contributed by atoms with Crippen molar-refractivity contribution in [3.63, 3.8) is 0 Å². The molecule has 0 aliphatic rings. The van der Waals surface area contributed by atoms with Gasteiger partial charge in [-0.1, -0.05) is 23.2 Å². The van der Waals surface area contributed by atoms with Gasteiger partial charge in [0.1, 0.15) is 0 Å². The van der Waals surface area contributed by atoms with Crippen LogP contribution in [0.2, 0.25) is 10.0 Å². The number of rotatable bonds is 7. The van der Waals surface area contributed by atoms with Gasteiger partial charge in [-0.15, -0.1) is 11.8 Å². The molecule has 2 unspecified atom stereocenters. The van der Waals surface area contributed by atoms with E-state index in [4.69, 9.17) is 33.0 Å². The summed E-state index contributed by atoms with van der Waals surface area (Å²) in [4.78, 5) is 23.4. The van der Waals surface area contributed by atoms with Crippen LogP contribution >= 0.6 is 35.0 Å². The monoisotopic (exact) mass is 351 g/mol. The molecule has 0 saturated heterocycles. The van der Waals surface area contributed by atoms with Gasteiger partial charge < -0.3 is 15.2 Å². The Morgan fingerprint density at radius 2 is 2.10 bits per heavy atom. The fraction of sp³-hybridized carbons (Fsp3) is 0.385. The number of methoxy groups -OCH3 is 1. The zero-order chi connectivity index (χ0) is 16.0. The van der Waals surface area contributed by atoms with E-state index in [1.807, 2.05) is 0 Å². The average molecular weight is 352 g/mol. The van der Waals surface area contributed by atoms with Crippen LogP contribution in [0.25, 0.3) is 0 Å². The summed E-state index contributed by atoms with van der Waals surface area (Å²) >= 11 is 13.2. The van der Waals surface area contributed by atoms with Crippen LogP contribution in [0.1, 0.15) is 6.92 Å². The third-order valence-corrected chi connectivity index (χ3v) is 4.42. The number of thioether (sulfide) groups is 1. The van der Waals surface area contributed by atoms with Gasteiger partial charge in [0, 0.05) is 17.0 Å². The SMILES string of the molecule is COC(CNC(=O)C(C)Sc1cc(Cl)ccc1Cl)C(=O)O. The van der Waals surface area contributed by atoms with E-state index >= 15 is 0 Å². The number of carbonyl (C=O) groups excluding carboxylic acids is 1. The highest BCUT2D eigenvalue weighted by molar-refractivity contribution is 8.00. The fourth-order valence-electron chi connectivity index (χ4n) is 1.42. The van der Waals surface area contributed by atoms with E-state index in [9.17, 15) is 9.59 Å². The van der Waals surface area contributed by atoms with Crippen molar-refractivity contribution in [3.8, 4) is 0 Å². The second kappa shape index (κ2) is 8.48. The van der Waals surface area contributed by atoms with Crippen LogP contribution < -0.4 is 5.32 Å². The maximum absolute atomic E-state index is 11.9. The Hall–Kier alpha value is -0.950. The third kappa shape index (κ3) is 5.74. The van der Waals surface area contributed by atoms with Crippen LogP contribution in [-0.4, -0.2) is 42.0 Å². The molecule has 1 rings (SSSR count). The quantitative estimate of drug-likeness (QED) is 0.738. The van der Waals surface area contributed by atoms with Crippen molar-refractivity contribution in [3.05, 3.63) is 28.2 Å². The van der Waals surface area contributed by atoms with Crippen LogP contribution in [-0.2, 0) is 14.3 Å². The molecule has 2 atom stereocenters. The Morgan fingerprint density at radius 3 is 2.67 bits per heavy atom. The molecule has 0 fully saturated rings. The first kappa shape index (κ1) is 18.1. The molecule has 0 radical (unpaired) electrons. The number of hydrogen-bond acceptors (Lipinski definition) is 4. The topological polar surface area (TPSA) is 75.6 Å². The smallest absolute Gasteiger partial charge is 0.334 e. The summed E-state index contributed by atoms with van der Waals surface area (Å²) < 4.78 is 4.74. The van der Waals surface area contributed by atoms with E-state index < -0.39 is 17.3 Å². The molecular formula is C13H15Cl2NO4S. The fourth-order valence-corrected chi connectivity index (χ4v) is 2.85. The molecular weight excluding hydrogens is 337 g/mol. The van der Waals surface area contributed by atoms with Gasteiger partial charge in [0.2, 0.25) is 5.91 Å². The van der Waals surface area contributed by atoms with Gasteiger partial charge >= 0.3 is 5.97 Å². The lowest BCUT2D eigenvalue weighted by Gasteiger charge is -2.15. The van der Waals surface area contributed by atoms with Gasteiger partial charge in [0.05, 0.1) is 16.8 Å². The number of halogens is 2. The van der Waals surface area contributed by atoms with Crippen LogP contribution in [0.15, 0.2) is 23.1 Å². The molecule has 0 aromatic heterocycles. The van der Waals surface area contributed by atoms with Gasteiger partial charge in [-0.2, -0.15) is 0 Å². The number of aliphatic carboxylic acids is 1. The van der Waals surface area contributed by atoms with Crippen molar-refractivity contribution in [2.75, 3.05) is 13.7 Å². The highest BCUT2D eigenvalue weighted by Gasteiger charge is 2.20. The molecule has 1 aromatic carbocycles. The van der Waals surface area contributed by atoms with Gasteiger partial charge in [0.25, 0.3) is 0 Å². The van der Waals surface area contributed by atoms with Crippen molar-refractivity contribution in [2.45, 2.75) is 23.2 Å². The molecule has 0 saturated carbocycles. The van der Waals surface area contributed by atoms with Crippen molar-refractivity contribution < 1.29 is 19.4 Å². The lowest BCUT2D eigenvalue weighted by Crippen LogP contribution is -2.40. The Bertz CT molecular complexity index is 527. The van der Waals surface area contributed by atoms with Crippen LogP contribution in [0.5, 0.6) is 0 Å². The number of ether oxygens (including phenoxy) is 1. The normalized spacial score (nSPS) is 13.5. The second-order valence-electron chi connectivity index (χ2n) is 4.14. The maximum Gasteiger partial charge on any atom is 0.334 e. The number of carboxylic acid groups (broad SMARTS) is 1. The van der Waals surface area contributed by atoms with Crippen molar-refractivity contribution in [1.82, 2.24) is 5.32 Å². The van der Waals surface area contributed by atoms with Gasteiger partial charge in [0.15, 0.2) is 6.10 Å². The summed E-state index contributed by atoms with van der Waals surface area (Å²) in [6.45, 7) is 1.60. The zero-order valence-electron chi connectivity index (χ0n) is 11.4. The Morgan fingerprint density at radius 1 is 1.43 bits per heavy atom. The first-order valence-corrected chi connectivity index (χ1v) is 7.63. The number of nitrogens with one attached hydrogen (secondary N) is 1. The largest absolute Gasteiger partial charge is 0.479 e. The predicted molar refractivity (Wildman–Crippen MR) is 83.2 cm³/mol.